The molecule has 1 aliphatic rings. The number of hydrogen-bond donors (Lipinski definition) is 3. The second-order valence-corrected chi connectivity index (χ2v) is 3.58. The number of aromatic amines is 2. The van der Waals surface area contributed by atoms with Crippen LogP contribution in [0.25, 0.3) is 0 Å². The van der Waals surface area contributed by atoms with Gasteiger partial charge in [-0.25, -0.2) is 9.89 Å². The maximum absolute atomic E-state index is 11.0. The van der Waals surface area contributed by atoms with Crippen molar-refractivity contribution in [2.24, 2.45) is 0 Å². The molecule has 5 nitrogen and oxygen atoms in total. The molecule has 0 spiro atoms. The van der Waals surface area contributed by atoms with Crippen LogP contribution in [0, 0.1) is 0 Å². The first-order chi connectivity index (χ1) is 7.34. The normalized spacial score (nSPS) is 18.5. The van der Waals surface area contributed by atoms with Gasteiger partial charge in [-0.3, -0.25) is 4.98 Å². The average molecular weight is 202 g/mol. The Hall–Kier alpha value is -2.04. The van der Waals surface area contributed by atoms with Gasteiger partial charge in [0.25, 0.3) is 0 Å². The molecule has 1 unspecified atom stereocenters. The number of para-hydroxylation sites is 1. The van der Waals surface area contributed by atoms with Crippen molar-refractivity contribution >= 4 is 5.69 Å². The van der Waals surface area contributed by atoms with Crippen LogP contribution in [0.3, 0.4) is 0 Å². The molecule has 0 radical (unpaired) electrons. The van der Waals surface area contributed by atoms with E-state index in [9.17, 15) is 4.79 Å². The smallest absolute Gasteiger partial charge is 0.340 e. The van der Waals surface area contributed by atoms with E-state index in [1.165, 1.54) is 5.56 Å². The monoisotopic (exact) mass is 202 g/mol. The van der Waals surface area contributed by atoms with Gasteiger partial charge >= 0.3 is 5.69 Å². The highest BCUT2D eigenvalue weighted by Crippen LogP contribution is 2.33. The molecule has 0 saturated carbocycles. The molecule has 0 amide bonds. The number of fused-ring (bicyclic) bond motifs is 1. The number of nitrogens with zero attached hydrogens (tertiary/aromatic N) is 1. The zero-order valence-electron chi connectivity index (χ0n) is 7.95. The lowest BCUT2D eigenvalue weighted by molar-refractivity contribution is 0.815. The summed E-state index contributed by atoms with van der Waals surface area (Å²) in [6.07, 6.45) is 0. The van der Waals surface area contributed by atoms with Crippen molar-refractivity contribution in [3.63, 3.8) is 0 Å². The third-order valence-corrected chi connectivity index (χ3v) is 2.68. The van der Waals surface area contributed by atoms with E-state index >= 15 is 0 Å². The molecule has 3 N–H and O–H groups in total. The lowest BCUT2D eigenvalue weighted by atomic mass is 10.0. The molecule has 76 valence electrons. The number of aromatic nitrogens is 3. The Morgan fingerprint density at radius 3 is 3.00 bits per heavy atom. The van der Waals surface area contributed by atoms with Crippen molar-refractivity contribution in [1.82, 2.24) is 15.2 Å². The van der Waals surface area contributed by atoms with Crippen molar-refractivity contribution in [3.8, 4) is 0 Å². The van der Waals surface area contributed by atoms with Gasteiger partial charge in [0.15, 0.2) is 0 Å². The molecule has 2 heterocycles. The molecular weight excluding hydrogens is 192 g/mol. The minimum atomic E-state index is -0.255. The maximum Gasteiger partial charge on any atom is 0.340 e. The van der Waals surface area contributed by atoms with Crippen LogP contribution in [0.2, 0.25) is 0 Å². The number of benzene rings is 1. The van der Waals surface area contributed by atoms with Crippen molar-refractivity contribution in [2.45, 2.75) is 5.92 Å². The zero-order chi connectivity index (χ0) is 10.3. The predicted molar refractivity (Wildman–Crippen MR) is 56.0 cm³/mol. The van der Waals surface area contributed by atoms with Gasteiger partial charge in [-0.2, -0.15) is 5.10 Å². The number of rotatable bonds is 1. The Morgan fingerprint density at radius 2 is 2.20 bits per heavy atom. The average Bonchev–Trinajstić information content (AvgIpc) is 2.83. The third-order valence-electron chi connectivity index (χ3n) is 2.68. The van der Waals surface area contributed by atoms with Crippen LogP contribution >= 0.6 is 0 Å². The van der Waals surface area contributed by atoms with Crippen LogP contribution in [0.1, 0.15) is 17.3 Å². The van der Waals surface area contributed by atoms with E-state index in [1.807, 2.05) is 24.3 Å². The maximum atomic E-state index is 11.0. The van der Waals surface area contributed by atoms with E-state index in [1.54, 1.807) is 0 Å². The Labute approximate surface area is 85.5 Å². The Kier molecular flexibility index (Phi) is 1.65. The summed E-state index contributed by atoms with van der Waals surface area (Å²) in [5.41, 5.74) is 2.04. The lowest BCUT2D eigenvalue weighted by Gasteiger charge is -2.04. The van der Waals surface area contributed by atoms with Crippen LogP contribution in [0.5, 0.6) is 0 Å². The topological polar surface area (TPSA) is 73.6 Å². The summed E-state index contributed by atoms with van der Waals surface area (Å²) in [5, 5.41) is 9.63. The van der Waals surface area contributed by atoms with Crippen molar-refractivity contribution in [1.29, 1.82) is 0 Å². The summed E-state index contributed by atoms with van der Waals surface area (Å²) in [5.74, 6) is 0.831. The van der Waals surface area contributed by atoms with Crippen LogP contribution in [-0.2, 0) is 0 Å². The molecule has 5 heteroatoms. The van der Waals surface area contributed by atoms with Crippen LogP contribution in [0.4, 0.5) is 5.69 Å². The van der Waals surface area contributed by atoms with Crippen molar-refractivity contribution in [2.75, 3.05) is 11.9 Å². The van der Waals surface area contributed by atoms with Crippen LogP contribution in [-0.4, -0.2) is 21.7 Å². The molecule has 1 atom stereocenters. The van der Waals surface area contributed by atoms with Crippen molar-refractivity contribution in [3.05, 3.63) is 46.1 Å². The predicted octanol–water partition coefficient (Wildman–Crippen LogP) is 0.655. The van der Waals surface area contributed by atoms with Crippen LogP contribution < -0.4 is 11.0 Å². The highest BCUT2D eigenvalue weighted by molar-refractivity contribution is 5.59. The summed E-state index contributed by atoms with van der Waals surface area (Å²) >= 11 is 0. The molecule has 0 fully saturated rings. The number of hydrogen-bond acceptors (Lipinski definition) is 3. The van der Waals surface area contributed by atoms with Gasteiger partial charge in [-0.05, 0) is 11.6 Å². The molecule has 3 rings (SSSR count). The fourth-order valence-corrected chi connectivity index (χ4v) is 1.98. The van der Waals surface area contributed by atoms with Gasteiger partial charge in [-0.1, -0.05) is 18.2 Å². The highest BCUT2D eigenvalue weighted by atomic mass is 16.1. The molecule has 1 aromatic carbocycles. The highest BCUT2D eigenvalue weighted by Gasteiger charge is 2.25. The zero-order valence-corrected chi connectivity index (χ0v) is 7.95. The minimum Gasteiger partial charge on any atom is -0.384 e. The number of nitrogens with one attached hydrogen (secondary N) is 3. The van der Waals surface area contributed by atoms with Gasteiger partial charge in [-0.15, -0.1) is 0 Å². The second-order valence-electron chi connectivity index (χ2n) is 3.58. The number of H-pyrrole nitrogens is 2. The van der Waals surface area contributed by atoms with E-state index in [4.69, 9.17) is 0 Å². The first-order valence-corrected chi connectivity index (χ1v) is 4.82. The Bertz CT molecular complexity index is 542. The fourth-order valence-electron chi connectivity index (χ4n) is 1.98. The quantitative estimate of drug-likeness (QED) is 0.635. The molecule has 1 aromatic heterocycles. The lowest BCUT2D eigenvalue weighted by Crippen LogP contribution is -2.07. The Balaban J connectivity index is 2.07. The third kappa shape index (κ3) is 1.24. The van der Waals surface area contributed by atoms with Gasteiger partial charge in [0.05, 0.1) is 5.92 Å². The molecule has 1 aliphatic heterocycles. The van der Waals surface area contributed by atoms with E-state index in [-0.39, 0.29) is 11.6 Å². The SMILES string of the molecule is O=c1[nH]nc(C2CNc3ccccc32)[nH]1. The molecule has 0 bridgehead atoms. The fraction of sp³-hybridized carbons (Fsp3) is 0.200. The molecule has 15 heavy (non-hydrogen) atoms. The van der Waals surface area contributed by atoms with Gasteiger partial charge in [0.1, 0.15) is 5.82 Å². The summed E-state index contributed by atoms with van der Waals surface area (Å²) in [4.78, 5) is 13.7. The Morgan fingerprint density at radius 1 is 1.33 bits per heavy atom. The molecule has 0 saturated heterocycles. The molecule has 2 aromatic rings. The second kappa shape index (κ2) is 2.98. The van der Waals surface area contributed by atoms with Gasteiger partial charge in [0.2, 0.25) is 0 Å². The van der Waals surface area contributed by atoms with E-state index in [0.717, 1.165) is 12.2 Å². The minimum absolute atomic E-state index is 0.139. The van der Waals surface area contributed by atoms with Gasteiger partial charge in [0, 0.05) is 12.2 Å². The van der Waals surface area contributed by atoms with Gasteiger partial charge < -0.3 is 5.32 Å². The van der Waals surface area contributed by atoms with E-state index < -0.39 is 0 Å². The summed E-state index contributed by atoms with van der Waals surface area (Å²) in [6, 6.07) is 8.05. The summed E-state index contributed by atoms with van der Waals surface area (Å²) in [7, 11) is 0. The van der Waals surface area contributed by atoms with Crippen molar-refractivity contribution < 1.29 is 0 Å². The molecule has 0 aliphatic carbocycles. The first-order valence-electron chi connectivity index (χ1n) is 4.82. The first kappa shape index (κ1) is 8.28. The summed E-state index contributed by atoms with van der Waals surface area (Å²) in [6.45, 7) is 0.778. The summed E-state index contributed by atoms with van der Waals surface area (Å²) < 4.78 is 0. The largest absolute Gasteiger partial charge is 0.384 e. The number of anilines is 1. The van der Waals surface area contributed by atoms with E-state index in [2.05, 4.69) is 20.5 Å². The van der Waals surface area contributed by atoms with Crippen LogP contribution in [0.15, 0.2) is 29.1 Å². The molecular formula is C10H10N4O. The van der Waals surface area contributed by atoms with E-state index in [0.29, 0.717) is 5.82 Å². The standard InChI is InChI=1S/C10H10N4O/c15-10-12-9(13-14-10)7-5-11-8-4-2-1-3-6(7)8/h1-4,7,11H,5H2,(H2,12,13,14,15).